The van der Waals surface area contributed by atoms with E-state index in [1.807, 2.05) is 45.0 Å². The van der Waals surface area contributed by atoms with Gasteiger partial charge in [-0.15, -0.1) is 0 Å². The molecule has 0 fully saturated rings. The number of halogens is 1. The average Bonchev–Trinajstić information content (AvgIpc) is 2.60. The van der Waals surface area contributed by atoms with Crippen LogP contribution in [0, 0.1) is 13.8 Å². The second-order valence-electron chi connectivity index (χ2n) is 6.04. The number of carbonyl (C=O) groups is 2. The number of hydrogen-bond acceptors (Lipinski definition) is 4. The van der Waals surface area contributed by atoms with Gasteiger partial charge in [0.2, 0.25) is 0 Å². The lowest BCUT2D eigenvalue weighted by atomic mass is 10.0. The van der Waals surface area contributed by atoms with Gasteiger partial charge in [-0.2, -0.15) is 0 Å². The molecule has 1 atom stereocenters. The van der Waals surface area contributed by atoms with Crippen LogP contribution in [0.25, 0.3) is 0 Å². The van der Waals surface area contributed by atoms with E-state index in [-0.39, 0.29) is 25.2 Å². The van der Waals surface area contributed by atoms with Crippen molar-refractivity contribution in [2.75, 3.05) is 13.2 Å². The van der Waals surface area contributed by atoms with Crippen molar-refractivity contribution in [3.8, 4) is 5.75 Å². The van der Waals surface area contributed by atoms with Gasteiger partial charge in [-0.05, 0) is 55.7 Å². The molecule has 0 aliphatic heterocycles. The van der Waals surface area contributed by atoms with Gasteiger partial charge in [0.15, 0.2) is 13.2 Å². The predicted octanol–water partition coefficient (Wildman–Crippen LogP) is 3.87. The van der Waals surface area contributed by atoms with E-state index in [9.17, 15) is 9.59 Å². The maximum atomic E-state index is 12.0. The monoisotopic (exact) mass is 419 g/mol. The first-order valence-corrected chi connectivity index (χ1v) is 9.05. The van der Waals surface area contributed by atoms with Crippen LogP contribution in [0.2, 0.25) is 0 Å². The highest BCUT2D eigenvalue weighted by Gasteiger charge is 2.13. The maximum Gasteiger partial charge on any atom is 0.344 e. The van der Waals surface area contributed by atoms with Gasteiger partial charge in [-0.3, -0.25) is 4.79 Å². The molecule has 1 amide bonds. The second-order valence-corrected chi connectivity index (χ2v) is 6.96. The Bertz CT molecular complexity index is 791. The molecule has 0 heterocycles. The zero-order chi connectivity index (χ0) is 19.1. The fraction of sp³-hybridized carbons (Fsp3) is 0.300. The molecular formula is C20H22BrNO4. The number of hydrogen-bond donors (Lipinski definition) is 1. The molecule has 0 unspecified atom stereocenters. The molecule has 1 N–H and O–H groups in total. The Morgan fingerprint density at radius 2 is 1.85 bits per heavy atom. The van der Waals surface area contributed by atoms with Crippen LogP contribution in [0.3, 0.4) is 0 Å². The van der Waals surface area contributed by atoms with E-state index in [0.29, 0.717) is 5.75 Å². The zero-order valence-corrected chi connectivity index (χ0v) is 16.6. The van der Waals surface area contributed by atoms with Crippen molar-refractivity contribution in [3.63, 3.8) is 0 Å². The SMILES string of the molecule is Cc1ccc([C@@H](C)NC(=O)COC(=O)COc2cccc(Br)c2)cc1C. The Morgan fingerprint density at radius 1 is 1.08 bits per heavy atom. The van der Waals surface area contributed by atoms with Gasteiger partial charge in [0.1, 0.15) is 5.75 Å². The van der Waals surface area contributed by atoms with Crippen molar-refractivity contribution in [2.24, 2.45) is 0 Å². The Kier molecular flexibility index (Phi) is 7.21. The molecule has 0 aliphatic rings. The first kappa shape index (κ1) is 20.0. The van der Waals surface area contributed by atoms with E-state index in [1.54, 1.807) is 18.2 Å². The van der Waals surface area contributed by atoms with Crippen LogP contribution in [-0.2, 0) is 14.3 Å². The number of benzene rings is 2. The Labute approximate surface area is 161 Å². The first-order chi connectivity index (χ1) is 12.3. The summed E-state index contributed by atoms with van der Waals surface area (Å²) in [5.41, 5.74) is 3.37. The highest BCUT2D eigenvalue weighted by Crippen LogP contribution is 2.18. The van der Waals surface area contributed by atoms with E-state index in [4.69, 9.17) is 9.47 Å². The first-order valence-electron chi connectivity index (χ1n) is 8.25. The Morgan fingerprint density at radius 3 is 2.54 bits per heavy atom. The standard InChI is InChI=1S/C20H22BrNO4/c1-13-7-8-16(9-14(13)2)15(3)22-19(23)11-26-20(24)12-25-18-6-4-5-17(21)10-18/h4-10,15H,11-12H2,1-3H3,(H,22,23)/t15-/m1/s1. The third-order valence-electron chi connectivity index (χ3n) is 3.93. The summed E-state index contributed by atoms with van der Waals surface area (Å²) in [4.78, 5) is 23.7. The summed E-state index contributed by atoms with van der Waals surface area (Å²) in [6.45, 7) is 5.37. The van der Waals surface area contributed by atoms with Gasteiger partial charge in [0.05, 0.1) is 6.04 Å². The van der Waals surface area contributed by atoms with Crippen LogP contribution in [0.4, 0.5) is 0 Å². The summed E-state index contributed by atoms with van der Waals surface area (Å²) < 4.78 is 11.1. The number of aryl methyl sites for hydroxylation is 2. The minimum absolute atomic E-state index is 0.168. The van der Waals surface area contributed by atoms with E-state index in [0.717, 1.165) is 10.0 Å². The maximum absolute atomic E-state index is 12.0. The topological polar surface area (TPSA) is 64.6 Å². The highest BCUT2D eigenvalue weighted by atomic mass is 79.9. The fourth-order valence-corrected chi connectivity index (χ4v) is 2.67. The van der Waals surface area contributed by atoms with Gasteiger partial charge < -0.3 is 14.8 Å². The third kappa shape index (κ3) is 6.19. The third-order valence-corrected chi connectivity index (χ3v) is 4.42. The van der Waals surface area contributed by atoms with Crippen LogP contribution in [0.15, 0.2) is 46.9 Å². The van der Waals surface area contributed by atoms with Crippen molar-refractivity contribution in [1.82, 2.24) is 5.32 Å². The molecule has 0 spiro atoms. The molecule has 0 bridgehead atoms. The molecule has 26 heavy (non-hydrogen) atoms. The number of rotatable bonds is 7. The van der Waals surface area contributed by atoms with Gasteiger partial charge in [-0.25, -0.2) is 4.79 Å². The molecule has 2 aromatic carbocycles. The predicted molar refractivity (Wildman–Crippen MR) is 103 cm³/mol. The lowest BCUT2D eigenvalue weighted by Crippen LogP contribution is -2.32. The number of carbonyl (C=O) groups excluding carboxylic acids is 2. The van der Waals surface area contributed by atoms with E-state index in [1.165, 1.54) is 11.1 Å². The molecule has 0 radical (unpaired) electrons. The second kappa shape index (κ2) is 9.38. The molecule has 2 aromatic rings. The van der Waals surface area contributed by atoms with Crippen molar-refractivity contribution in [3.05, 3.63) is 63.6 Å². The summed E-state index contributed by atoms with van der Waals surface area (Å²) in [5, 5.41) is 2.82. The molecule has 138 valence electrons. The molecule has 0 aromatic heterocycles. The summed E-state index contributed by atoms with van der Waals surface area (Å²) in [6, 6.07) is 13.0. The van der Waals surface area contributed by atoms with Crippen molar-refractivity contribution < 1.29 is 19.1 Å². The molecule has 5 nitrogen and oxygen atoms in total. The highest BCUT2D eigenvalue weighted by molar-refractivity contribution is 9.10. The van der Waals surface area contributed by atoms with Crippen molar-refractivity contribution >= 4 is 27.8 Å². The van der Waals surface area contributed by atoms with Crippen LogP contribution in [0.1, 0.15) is 29.7 Å². The van der Waals surface area contributed by atoms with Crippen LogP contribution >= 0.6 is 15.9 Å². The number of ether oxygens (including phenoxy) is 2. The van der Waals surface area contributed by atoms with Crippen molar-refractivity contribution in [2.45, 2.75) is 26.8 Å². The van der Waals surface area contributed by atoms with E-state index >= 15 is 0 Å². The fourth-order valence-electron chi connectivity index (χ4n) is 2.29. The van der Waals surface area contributed by atoms with Gasteiger partial charge >= 0.3 is 5.97 Å². The van der Waals surface area contributed by atoms with E-state index < -0.39 is 5.97 Å². The lowest BCUT2D eigenvalue weighted by Gasteiger charge is -2.16. The van der Waals surface area contributed by atoms with Crippen molar-refractivity contribution in [1.29, 1.82) is 0 Å². The minimum Gasteiger partial charge on any atom is -0.482 e. The van der Waals surface area contributed by atoms with E-state index in [2.05, 4.69) is 21.2 Å². The molecular weight excluding hydrogens is 398 g/mol. The summed E-state index contributed by atoms with van der Waals surface area (Å²) in [7, 11) is 0. The molecule has 0 saturated carbocycles. The number of esters is 1. The van der Waals surface area contributed by atoms with Gasteiger partial charge in [-0.1, -0.05) is 40.2 Å². The lowest BCUT2D eigenvalue weighted by molar-refractivity contribution is -0.150. The number of nitrogens with one attached hydrogen (secondary N) is 1. The number of amides is 1. The normalized spacial score (nSPS) is 11.5. The van der Waals surface area contributed by atoms with Crippen LogP contribution < -0.4 is 10.1 Å². The quantitative estimate of drug-likeness (QED) is 0.691. The van der Waals surface area contributed by atoms with Crippen LogP contribution in [0.5, 0.6) is 5.75 Å². The smallest absolute Gasteiger partial charge is 0.344 e. The average molecular weight is 420 g/mol. The van der Waals surface area contributed by atoms with Crippen LogP contribution in [-0.4, -0.2) is 25.1 Å². The van der Waals surface area contributed by atoms with Gasteiger partial charge in [0, 0.05) is 4.47 Å². The summed E-state index contributed by atoms with van der Waals surface area (Å²) >= 11 is 3.32. The minimum atomic E-state index is -0.598. The molecule has 0 aliphatic carbocycles. The summed E-state index contributed by atoms with van der Waals surface area (Å²) in [6.07, 6.45) is 0. The summed E-state index contributed by atoms with van der Waals surface area (Å²) in [5.74, 6) is -0.408. The zero-order valence-electron chi connectivity index (χ0n) is 15.0. The Balaban J connectivity index is 1.75. The molecule has 6 heteroatoms. The molecule has 2 rings (SSSR count). The Hall–Kier alpha value is -2.34. The van der Waals surface area contributed by atoms with Gasteiger partial charge in [0.25, 0.3) is 5.91 Å². The largest absolute Gasteiger partial charge is 0.482 e. The molecule has 0 saturated heterocycles.